The lowest BCUT2D eigenvalue weighted by Crippen LogP contribution is -2.53. The molecule has 1 fully saturated rings. The largest absolute Gasteiger partial charge is 0.490 e. The summed E-state index contributed by atoms with van der Waals surface area (Å²) in [6.45, 7) is -0.325. The standard InChI is InChI=1S/C13H18N6O4.C2HF3O2.H2O/c14-10(20)5-16-12(22)9(3-7-4-15-6-17-7)19-13(23)8-1-2-11(21)18-8;3-2(4,5)1(6)7;/h4,6,8-9H,1-3,5H2,(H2,14,20)(H,15,17)(H,16,22)(H,18,21)(H,19,23);(H,6,7);1H2/t8-,9-;;/m0../s1. The van der Waals surface area contributed by atoms with Gasteiger partial charge in [0.25, 0.3) is 0 Å². The van der Waals surface area contributed by atoms with Crippen molar-refractivity contribution in [3.05, 3.63) is 18.2 Å². The zero-order valence-corrected chi connectivity index (χ0v) is 15.8. The highest BCUT2D eigenvalue weighted by Gasteiger charge is 2.38. The predicted molar refractivity (Wildman–Crippen MR) is 94.9 cm³/mol. The number of alkyl halides is 3. The van der Waals surface area contributed by atoms with E-state index >= 15 is 0 Å². The maximum Gasteiger partial charge on any atom is 0.490 e. The van der Waals surface area contributed by atoms with Crippen molar-refractivity contribution in [3.8, 4) is 0 Å². The number of carboxylic acids is 1. The number of aromatic nitrogens is 2. The van der Waals surface area contributed by atoms with E-state index in [4.69, 9.17) is 15.6 Å². The van der Waals surface area contributed by atoms with E-state index in [0.717, 1.165) is 0 Å². The van der Waals surface area contributed by atoms with Gasteiger partial charge in [0.15, 0.2) is 0 Å². The van der Waals surface area contributed by atoms with Gasteiger partial charge in [0.05, 0.1) is 12.9 Å². The first-order valence-corrected chi connectivity index (χ1v) is 8.33. The van der Waals surface area contributed by atoms with Gasteiger partial charge in [-0.2, -0.15) is 13.2 Å². The number of aliphatic carboxylic acids is 1. The monoisotopic (exact) mass is 454 g/mol. The third-order valence-corrected chi connectivity index (χ3v) is 3.60. The van der Waals surface area contributed by atoms with E-state index < -0.39 is 42.0 Å². The van der Waals surface area contributed by atoms with Crippen molar-refractivity contribution in [2.24, 2.45) is 5.73 Å². The van der Waals surface area contributed by atoms with E-state index in [9.17, 15) is 32.3 Å². The minimum Gasteiger partial charge on any atom is -0.475 e. The Morgan fingerprint density at radius 1 is 1.32 bits per heavy atom. The molecule has 2 atom stereocenters. The van der Waals surface area contributed by atoms with Gasteiger partial charge in [-0.15, -0.1) is 0 Å². The highest BCUT2D eigenvalue weighted by atomic mass is 19.4. The molecular formula is C15H21F3N6O7. The highest BCUT2D eigenvalue weighted by Crippen LogP contribution is 2.13. The van der Waals surface area contributed by atoms with E-state index in [1.165, 1.54) is 12.5 Å². The van der Waals surface area contributed by atoms with Crippen LogP contribution >= 0.6 is 0 Å². The molecule has 0 saturated carbocycles. The lowest BCUT2D eigenvalue weighted by atomic mass is 10.1. The number of hydrogen-bond acceptors (Lipinski definition) is 6. The molecule has 0 aromatic carbocycles. The van der Waals surface area contributed by atoms with Crippen molar-refractivity contribution >= 4 is 29.6 Å². The molecule has 1 saturated heterocycles. The van der Waals surface area contributed by atoms with Gasteiger partial charge in [-0.1, -0.05) is 0 Å². The van der Waals surface area contributed by atoms with Crippen LogP contribution in [0.2, 0.25) is 0 Å². The molecule has 13 nitrogen and oxygen atoms in total. The highest BCUT2D eigenvalue weighted by molar-refractivity contribution is 5.94. The Hall–Kier alpha value is -3.69. The number of carbonyl (C=O) groups is 5. The second-order valence-corrected chi connectivity index (χ2v) is 5.99. The number of carbonyl (C=O) groups excluding carboxylic acids is 4. The summed E-state index contributed by atoms with van der Waals surface area (Å²) >= 11 is 0. The minimum atomic E-state index is -5.08. The minimum absolute atomic E-state index is 0. The van der Waals surface area contributed by atoms with Crippen molar-refractivity contribution in [1.82, 2.24) is 25.9 Å². The molecule has 174 valence electrons. The molecule has 2 heterocycles. The van der Waals surface area contributed by atoms with Crippen LogP contribution in [0, 0.1) is 0 Å². The first kappa shape index (κ1) is 27.3. The maximum absolute atomic E-state index is 12.1. The number of H-pyrrole nitrogens is 1. The van der Waals surface area contributed by atoms with Crippen LogP contribution in [0.25, 0.3) is 0 Å². The number of carboxylic acid groups (broad SMARTS) is 1. The molecule has 2 rings (SSSR count). The van der Waals surface area contributed by atoms with Gasteiger partial charge in [0.2, 0.25) is 23.6 Å². The number of hydrogen-bond donors (Lipinski definition) is 6. The van der Waals surface area contributed by atoms with Gasteiger partial charge in [0.1, 0.15) is 12.1 Å². The number of halogens is 3. The summed E-state index contributed by atoms with van der Waals surface area (Å²) < 4.78 is 31.7. The van der Waals surface area contributed by atoms with Crippen LogP contribution in [0.4, 0.5) is 13.2 Å². The second kappa shape index (κ2) is 12.1. The maximum atomic E-state index is 12.1. The lowest BCUT2D eigenvalue weighted by molar-refractivity contribution is -0.192. The van der Waals surface area contributed by atoms with Crippen LogP contribution in [0.3, 0.4) is 0 Å². The van der Waals surface area contributed by atoms with E-state index in [2.05, 4.69) is 25.9 Å². The zero-order valence-electron chi connectivity index (χ0n) is 15.8. The molecule has 0 radical (unpaired) electrons. The van der Waals surface area contributed by atoms with E-state index in [-0.39, 0.29) is 30.8 Å². The summed E-state index contributed by atoms with van der Waals surface area (Å²) in [7, 11) is 0. The zero-order chi connectivity index (χ0) is 22.9. The molecule has 0 aliphatic carbocycles. The Kier molecular flexibility index (Phi) is 10.7. The van der Waals surface area contributed by atoms with Gasteiger partial charge >= 0.3 is 12.1 Å². The topological polar surface area (TPSA) is 228 Å². The first-order valence-electron chi connectivity index (χ1n) is 8.33. The normalized spacial score (nSPS) is 16.0. The average molecular weight is 454 g/mol. The summed E-state index contributed by atoms with van der Waals surface area (Å²) in [5, 5.41) is 14.6. The molecule has 0 spiro atoms. The number of aromatic amines is 1. The molecule has 31 heavy (non-hydrogen) atoms. The van der Waals surface area contributed by atoms with Gasteiger partial charge < -0.3 is 37.3 Å². The quantitative estimate of drug-likeness (QED) is 0.252. The summed E-state index contributed by atoms with van der Waals surface area (Å²) in [6.07, 6.45) is -1.29. The van der Waals surface area contributed by atoms with Gasteiger partial charge in [-0.3, -0.25) is 19.2 Å². The van der Waals surface area contributed by atoms with Crippen molar-refractivity contribution in [2.45, 2.75) is 37.5 Å². The summed E-state index contributed by atoms with van der Waals surface area (Å²) in [5.41, 5.74) is 5.63. The number of nitrogens with two attached hydrogens (primary N) is 1. The van der Waals surface area contributed by atoms with E-state index in [1.807, 2.05) is 0 Å². The molecule has 1 aromatic rings. The Bertz CT molecular complexity index is 785. The average Bonchev–Trinajstić information content (AvgIpc) is 3.30. The number of imidazole rings is 1. The van der Waals surface area contributed by atoms with Crippen molar-refractivity contribution in [3.63, 3.8) is 0 Å². The Balaban J connectivity index is 0.000000975. The van der Waals surface area contributed by atoms with Crippen molar-refractivity contribution in [2.75, 3.05) is 6.54 Å². The molecule has 0 unspecified atom stereocenters. The van der Waals surface area contributed by atoms with Crippen LogP contribution in [0.5, 0.6) is 0 Å². The second-order valence-electron chi connectivity index (χ2n) is 5.99. The number of nitrogens with one attached hydrogen (secondary N) is 4. The Morgan fingerprint density at radius 2 is 1.94 bits per heavy atom. The van der Waals surface area contributed by atoms with Crippen LogP contribution in [0.1, 0.15) is 18.5 Å². The molecule has 1 aliphatic heterocycles. The third kappa shape index (κ3) is 10.1. The fraction of sp³-hybridized carbons (Fsp3) is 0.467. The number of primary amides is 1. The fourth-order valence-electron chi connectivity index (χ4n) is 2.21. The molecule has 0 bridgehead atoms. The van der Waals surface area contributed by atoms with Crippen LogP contribution in [-0.2, 0) is 30.4 Å². The van der Waals surface area contributed by atoms with Crippen molar-refractivity contribution < 1.29 is 47.7 Å². The molecular weight excluding hydrogens is 433 g/mol. The summed E-state index contributed by atoms with van der Waals surface area (Å²) in [6, 6.07) is -1.57. The van der Waals surface area contributed by atoms with Crippen LogP contribution < -0.4 is 21.7 Å². The van der Waals surface area contributed by atoms with Gasteiger partial charge in [-0.05, 0) is 6.42 Å². The third-order valence-electron chi connectivity index (χ3n) is 3.60. The Labute approximate surface area is 172 Å². The number of rotatable bonds is 7. The molecule has 1 aromatic heterocycles. The summed E-state index contributed by atoms with van der Waals surface area (Å²) in [5.74, 6) is -4.64. The Morgan fingerprint density at radius 3 is 2.35 bits per heavy atom. The predicted octanol–water partition coefficient (Wildman–Crippen LogP) is -2.87. The lowest BCUT2D eigenvalue weighted by Gasteiger charge is -2.19. The number of amides is 4. The number of nitrogens with zero attached hydrogens (tertiary/aromatic N) is 1. The molecule has 1 aliphatic rings. The van der Waals surface area contributed by atoms with Crippen molar-refractivity contribution in [1.29, 1.82) is 0 Å². The van der Waals surface area contributed by atoms with Crippen LogP contribution in [-0.4, -0.2) is 75.0 Å². The SMILES string of the molecule is NC(=O)CNC(=O)[C@H](Cc1cnc[nH]1)NC(=O)[C@@H]1CCC(=O)N1.O.O=C(O)C(F)(F)F. The smallest absolute Gasteiger partial charge is 0.475 e. The first-order chi connectivity index (χ1) is 13.9. The molecule has 9 N–H and O–H groups in total. The van der Waals surface area contributed by atoms with E-state index in [1.54, 1.807) is 0 Å². The van der Waals surface area contributed by atoms with Gasteiger partial charge in [-0.25, -0.2) is 9.78 Å². The van der Waals surface area contributed by atoms with E-state index in [0.29, 0.717) is 12.1 Å². The molecule has 4 amide bonds. The fourth-order valence-corrected chi connectivity index (χ4v) is 2.21. The van der Waals surface area contributed by atoms with Crippen LogP contribution in [0.15, 0.2) is 12.5 Å². The van der Waals surface area contributed by atoms with Gasteiger partial charge in [0, 0.05) is 24.7 Å². The summed E-state index contributed by atoms with van der Waals surface area (Å²) in [4.78, 5) is 61.8. The molecule has 16 heteroatoms.